The fourth-order valence-electron chi connectivity index (χ4n) is 2.49. The summed E-state index contributed by atoms with van der Waals surface area (Å²) in [5.41, 5.74) is 2.36. The normalized spacial score (nSPS) is 14.6. The molecule has 1 aromatic rings. The Bertz CT molecular complexity index is 590. The van der Waals surface area contributed by atoms with E-state index in [1.807, 2.05) is 27.7 Å². The molecule has 1 amide bonds. The molecule has 1 aliphatic heterocycles. The third-order valence-corrected chi connectivity index (χ3v) is 3.41. The van der Waals surface area contributed by atoms with E-state index in [0.717, 1.165) is 16.7 Å². The van der Waals surface area contributed by atoms with Gasteiger partial charge in [-0.3, -0.25) is 10.1 Å². The molecule has 6 heteroatoms. The monoisotopic (exact) mass is 292 g/mol. The van der Waals surface area contributed by atoms with Crippen LogP contribution in [0.1, 0.15) is 37.5 Å². The van der Waals surface area contributed by atoms with Crippen molar-refractivity contribution >= 4 is 11.8 Å². The second-order valence-electron chi connectivity index (χ2n) is 6.31. The summed E-state index contributed by atoms with van der Waals surface area (Å²) >= 11 is 0. The number of nitro benzene ring substituents is 1. The molecular formula is C15H20N2O4. The molecule has 0 N–H and O–H groups in total. The fourth-order valence-corrected chi connectivity index (χ4v) is 2.49. The number of aryl methyl sites for hydroxylation is 1. The average molecular weight is 292 g/mol. The Kier molecular flexibility index (Phi) is 3.89. The third kappa shape index (κ3) is 3.51. The summed E-state index contributed by atoms with van der Waals surface area (Å²) < 4.78 is 5.35. The molecule has 0 atom stereocenters. The lowest BCUT2D eigenvalue weighted by molar-refractivity contribution is -0.385. The number of hydrogen-bond donors (Lipinski definition) is 0. The van der Waals surface area contributed by atoms with E-state index >= 15 is 0 Å². The van der Waals surface area contributed by atoms with Crippen molar-refractivity contribution in [2.75, 3.05) is 6.54 Å². The quantitative estimate of drug-likeness (QED) is 0.588. The fraction of sp³-hybridized carbons (Fsp3) is 0.533. The molecule has 0 radical (unpaired) electrons. The van der Waals surface area contributed by atoms with Gasteiger partial charge in [0.1, 0.15) is 5.60 Å². The number of benzene rings is 1. The number of amides is 1. The highest BCUT2D eigenvalue weighted by molar-refractivity contribution is 5.69. The van der Waals surface area contributed by atoms with Crippen molar-refractivity contribution in [3.05, 3.63) is 38.9 Å². The van der Waals surface area contributed by atoms with Crippen molar-refractivity contribution < 1.29 is 14.5 Å². The SMILES string of the molecule is Cc1cc([N+](=O)[O-])cc2c1CCN(C(=O)OC(C)(C)C)C2. The van der Waals surface area contributed by atoms with Crippen molar-refractivity contribution in [1.29, 1.82) is 0 Å². The highest BCUT2D eigenvalue weighted by Crippen LogP contribution is 2.28. The predicted octanol–water partition coefficient (Wildman–Crippen LogP) is 3.20. The molecule has 0 aliphatic carbocycles. The number of rotatable bonds is 1. The van der Waals surface area contributed by atoms with Gasteiger partial charge in [-0.05, 0) is 50.8 Å². The zero-order valence-electron chi connectivity index (χ0n) is 12.8. The van der Waals surface area contributed by atoms with E-state index < -0.39 is 10.5 Å². The minimum absolute atomic E-state index is 0.0669. The third-order valence-electron chi connectivity index (χ3n) is 3.41. The summed E-state index contributed by atoms with van der Waals surface area (Å²) in [5.74, 6) is 0. The first-order valence-corrected chi connectivity index (χ1v) is 6.92. The van der Waals surface area contributed by atoms with Gasteiger partial charge in [-0.1, -0.05) is 0 Å². The van der Waals surface area contributed by atoms with Crippen molar-refractivity contribution in [3.63, 3.8) is 0 Å². The summed E-state index contributed by atoms with van der Waals surface area (Å²) in [6.45, 7) is 8.25. The maximum absolute atomic E-state index is 12.1. The molecule has 21 heavy (non-hydrogen) atoms. The van der Waals surface area contributed by atoms with E-state index in [2.05, 4.69) is 0 Å². The number of nitrogens with zero attached hydrogens (tertiary/aromatic N) is 2. The minimum atomic E-state index is -0.546. The second kappa shape index (κ2) is 5.35. The van der Waals surface area contributed by atoms with E-state index in [0.29, 0.717) is 19.5 Å². The van der Waals surface area contributed by atoms with Gasteiger partial charge in [0.05, 0.1) is 4.92 Å². The molecule has 0 saturated heterocycles. The van der Waals surface area contributed by atoms with Gasteiger partial charge in [-0.25, -0.2) is 4.79 Å². The molecular weight excluding hydrogens is 272 g/mol. The maximum atomic E-state index is 12.1. The van der Waals surface area contributed by atoms with Crippen molar-refractivity contribution in [2.45, 2.75) is 46.3 Å². The van der Waals surface area contributed by atoms with E-state index in [1.54, 1.807) is 17.0 Å². The smallest absolute Gasteiger partial charge is 0.410 e. The van der Waals surface area contributed by atoms with Gasteiger partial charge >= 0.3 is 6.09 Å². The van der Waals surface area contributed by atoms with E-state index in [4.69, 9.17) is 4.74 Å². The molecule has 1 aliphatic rings. The van der Waals surface area contributed by atoms with E-state index in [1.165, 1.54) is 0 Å². The topological polar surface area (TPSA) is 72.7 Å². The Morgan fingerprint density at radius 3 is 2.62 bits per heavy atom. The van der Waals surface area contributed by atoms with Crippen molar-refractivity contribution in [1.82, 2.24) is 4.90 Å². The van der Waals surface area contributed by atoms with Crippen LogP contribution in [0.2, 0.25) is 0 Å². The van der Waals surface area contributed by atoms with E-state index in [9.17, 15) is 14.9 Å². The zero-order chi connectivity index (χ0) is 15.8. The number of ether oxygens (including phenoxy) is 1. The molecule has 0 spiro atoms. The summed E-state index contributed by atoms with van der Waals surface area (Å²) in [7, 11) is 0. The summed E-state index contributed by atoms with van der Waals surface area (Å²) in [6.07, 6.45) is 0.315. The largest absolute Gasteiger partial charge is 0.444 e. The minimum Gasteiger partial charge on any atom is -0.444 e. The molecule has 0 saturated carbocycles. The van der Waals surface area contributed by atoms with Crippen LogP contribution in [0.5, 0.6) is 0 Å². The average Bonchev–Trinajstić information content (AvgIpc) is 2.35. The van der Waals surface area contributed by atoms with Crippen LogP contribution < -0.4 is 0 Å². The molecule has 1 heterocycles. The lowest BCUT2D eigenvalue weighted by atomic mass is 9.94. The summed E-state index contributed by atoms with van der Waals surface area (Å²) in [6, 6.07) is 3.14. The van der Waals surface area contributed by atoms with Gasteiger partial charge in [0.25, 0.3) is 5.69 Å². The molecule has 0 aromatic heterocycles. The number of non-ortho nitro benzene ring substituents is 1. The number of carbonyl (C=O) groups is 1. The Morgan fingerprint density at radius 1 is 1.38 bits per heavy atom. The first kappa shape index (κ1) is 15.3. The van der Waals surface area contributed by atoms with Gasteiger partial charge in [-0.2, -0.15) is 0 Å². The Balaban J connectivity index is 2.23. The first-order chi connectivity index (χ1) is 9.67. The maximum Gasteiger partial charge on any atom is 0.410 e. The number of carbonyl (C=O) groups excluding carboxylic acids is 1. The number of fused-ring (bicyclic) bond motifs is 1. The lowest BCUT2D eigenvalue weighted by Gasteiger charge is -2.31. The van der Waals surface area contributed by atoms with Crippen LogP contribution >= 0.6 is 0 Å². The summed E-state index contributed by atoms with van der Waals surface area (Å²) in [5, 5.41) is 10.9. The van der Waals surface area contributed by atoms with Crippen LogP contribution in [0.4, 0.5) is 10.5 Å². The molecule has 0 unspecified atom stereocenters. The standard InChI is InChI=1S/C15H20N2O4/c1-10-7-12(17(19)20)8-11-9-16(6-5-13(10)11)14(18)21-15(2,3)4/h7-8H,5-6,9H2,1-4H3. The van der Waals surface area contributed by atoms with Crippen LogP contribution in [-0.2, 0) is 17.7 Å². The van der Waals surface area contributed by atoms with E-state index in [-0.39, 0.29) is 11.8 Å². The van der Waals surface area contributed by atoms with Gasteiger partial charge in [0.2, 0.25) is 0 Å². The highest BCUT2D eigenvalue weighted by Gasteiger charge is 2.27. The molecule has 0 bridgehead atoms. The zero-order valence-corrected chi connectivity index (χ0v) is 12.8. The number of hydrogen-bond acceptors (Lipinski definition) is 4. The molecule has 6 nitrogen and oxygen atoms in total. The van der Waals surface area contributed by atoms with Gasteiger partial charge in [-0.15, -0.1) is 0 Å². The Morgan fingerprint density at radius 2 is 2.05 bits per heavy atom. The Hall–Kier alpha value is -2.11. The van der Waals surface area contributed by atoms with Gasteiger partial charge in [0.15, 0.2) is 0 Å². The highest BCUT2D eigenvalue weighted by atomic mass is 16.6. The van der Waals surface area contributed by atoms with Crippen LogP contribution in [0.15, 0.2) is 12.1 Å². The molecule has 0 fully saturated rings. The van der Waals surface area contributed by atoms with Crippen LogP contribution in [0.3, 0.4) is 0 Å². The van der Waals surface area contributed by atoms with Crippen LogP contribution in [0.25, 0.3) is 0 Å². The van der Waals surface area contributed by atoms with Crippen molar-refractivity contribution in [3.8, 4) is 0 Å². The molecule has 2 rings (SSSR count). The van der Waals surface area contributed by atoms with Gasteiger partial charge in [0, 0.05) is 25.2 Å². The Labute approximate surface area is 123 Å². The molecule has 114 valence electrons. The first-order valence-electron chi connectivity index (χ1n) is 6.92. The predicted molar refractivity (Wildman–Crippen MR) is 78.2 cm³/mol. The second-order valence-corrected chi connectivity index (χ2v) is 6.31. The molecule has 1 aromatic carbocycles. The van der Waals surface area contributed by atoms with Crippen LogP contribution in [-0.4, -0.2) is 28.1 Å². The van der Waals surface area contributed by atoms with Crippen molar-refractivity contribution in [2.24, 2.45) is 0 Å². The van der Waals surface area contributed by atoms with Crippen LogP contribution in [0, 0.1) is 17.0 Å². The van der Waals surface area contributed by atoms with Gasteiger partial charge < -0.3 is 9.64 Å². The number of nitro groups is 1. The summed E-state index contributed by atoms with van der Waals surface area (Å²) in [4.78, 5) is 24.2. The lowest BCUT2D eigenvalue weighted by Crippen LogP contribution is -2.40.